The van der Waals surface area contributed by atoms with Crippen molar-refractivity contribution in [2.75, 3.05) is 32.9 Å². The number of hydrogen-bond acceptors (Lipinski definition) is 4. The van der Waals surface area contributed by atoms with Crippen molar-refractivity contribution in [1.29, 1.82) is 0 Å². The molecule has 2 atom stereocenters. The molecule has 7 heteroatoms. The normalized spacial score (nSPS) is 20.3. The number of ether oxygens (including phenoxy) is 4. The number of methoxy groups -OCH3 is 1. The summed E-state index contributed by atoms with van der Waals surface area (Å²) in [5.41, 5.74) is 10.5. The first kappa shape index (κ1) is 31.7. The molecular formula is C36H43Cl2NO4. The number of quaternary nitrogens is 1. The first-order valence-corrected chi connectivity index (χ1v) is 15.9. The third-order valence-electron chi connectivity index (χ3n) is 8.82. The number of fused-ring (bicyclic) bond motifs is 5. The Morgan fingerprint density at radius 1 is 0.977 bits per heavy atom. The van der Waals surface area contributed by atoms with Crippen LogP contribution in [0.4, 0.5) is 0 Å². The van der Waals surface area contributed by atoms with Gasteiger partial charge >= 0.3 is 0 Å². The second-order valence-corrected chi connectivity index (χ2v) is 13.1. The van der Waals surface area contributed by atoms with E-state index in [-0.39, 0.29) is 30.7 Å². The average Bonchev–Trinajstić information content (AvgIpc) is 3.44. The fourth-order valence-corrected chi connectivity index (χ4v) is 6.68. The van der Waals surface area contributed by atoms with Crippen LogP contribution >= 0.6 is 11.6 Å². The Kier molecular flexibility index (Phi) is 9.97. The standard InChI is InChI=1S/C36H42ClNO4.ClH/c1-36(2,3)26-11-9-24(10-12-26)19-29-27-13-14-31(39-4)35(40-18-8-6-5-7-16-37)30(27)22-38-17-15-25-20-32-33(42-23-41-32)21-28(25)34(29)38;/h9-14,20-22,35H,5-8,15-19,23H2,1-4H3;1H. The van der Waals surface area contributed by atoms with Gasteiger partial charge in [0.2, 0.25) is 6.79 Å². The third kappa shape index (κ3) is 6.56. The van der Waals surface area contributed by atoms with E-state index in [4.69, 9.17) is 30.5 Å². The first-order valence-electron chi connectivity index (χ1n) is 15.3. The zero-order chi connectivity index (χ0) is 29.3. The Labute approximate surface area is 267 Å². The maximum atomic E-state index is 6.59. The molecule has 0 saturated heterocycles. The average molecular weight is 625 g/mol. The number of rotatable bonds is 10. The van der Waals surface area contributed by atoms with Crippen molar-refractivity contribution in [3.8, 4) is 11.5 Å². The molecule has 1 N–H and O–H groups in total. The predicted molar refractivity (Wildman–Crippen MR) is 168 cm³/mol. The maximum Gasteiger partial charge on any atom is 0.231 e. The Hall–Kier alpha value is -2.70. The summed E-state index contributed by atoms with van der Waals surface area (Å²) < 4.78 is 24.0. The van der Waals surface area contributed by atoms with Gasteiger partial charge in [-0.3, -0.25) is 4.90 Å². The fraction of sp³-hybridized carbons (Fsp3) is 0.444. The topological polar surface area (TPSA) is 41.4 Å². The van der Waals surface area contributed by atoms with Crippen LogP contribution in [0.2, 0.25) is 0 Å². The van der Waals surface area contributed by atoms with Crippen molar-refractivity contribution < 1.29 is 36.3 Å². The van der Waals surface area contributed by atoms with Crippen LogP contribution in [0.3, 0.4) is 0 Å². The van der Waals surface area contributed by atoms with Gasteiger partial charge in [-0.2, -0.15) is 0 Å². The van der Waals surface area contributed by atoms with E-state index in [2.05, 4.69) is 75.5 Å². The highest BCUT2D eigenvalue weighted by molar-refractivity contribution is 6.17. The molecule has 0 saturated carbocycles. The minimum Gasteiger partial charge on any atom is -1.00 e. The lowest BCUT2D eigenvalue weighted by Crippen LogP contribution is -3.06. The Balaban J connectivity index is 0.00000368. The van der Waals surface area contributed by atoms with Crippen LogP contribution in [0, 0.1) is 0 Å². The summed E-state index contributed by atoms with van der Waals surface area (Å²) in [7, 11) is 1.75. The molecule has 0 spiro atoms. The van der Waals surface area contributed by atoms with E-state index in [0.717, 1.165) is 68.2 Å². The third-order valence-corrected chi connectivity index (χ3v) is 9.09. The summed E-state index contributed by atoms with van der Waals surface area (Å²) in [4.78, 5) is 1.36. The largest absolute Gasteiger partial charge is 1.00 e. The highest BCUT2D eigenvalue weighted by atomic mass is 35.5. The maximum absolute atomic E-state index is 6.59. The molecule has 0 aromatic heterocycles. The van der Waals surface area contributed by atoms with Gasteiger partial charge in [0.15, 0.2) is 11.5 Å². The van der Waals surface area contributed by atoms with Crippen LogP contribution in [0.1, 0.15) is 68.7 Å². The number of halogens is 2. The SMILES string of the molecule is COC1=CC=C2C(=C[NH+]3CCc4cc5c(cc4C3=C2Cc2ccc(C(C)(C)C)cc2)OCO5)C1OCCCCCCCl.[Cl-]. The van der Waals surface area contributed by atoms with Gasteiger partial charge in [0, 0.05) is 42.0 Å². The zero-order valence-electron chi connectivity index (χ0n) is 25.7. The van der Waals surface area contributed by atoms with Crippen molar-refractivity contribution in [3.63, 3.8) is 0 Å². The number of nitrogens with one attached hydrogen (secondary N) is 1. The monoisotopic (exact) mass is 623 g/mol. The van der Waals surface area contributed by atoms with Crippen molar-refractivity contribution in [2.24, 2.45) is 0 Å². The molecule has 3 heterocycles. The molecule has 2 aromatic carbocycles. The van der Waals surface area contributed by atoms with Crippen LogP contribution in [-0.4, -0.2) is 39.0 Å². The van der Waals surface area contributed by atoms with Crippen molar-refractivity contribution in [2.45, 2.75) is 70.8 Å². The molecule has 0 radical (unpaired) electrons. The highest BCUT2D eigenvalue weighted by Crippen LogP contribution is 2.43. The minimum atomic E-state index is -0.214. The number of unbranched alkanes of at least 4 members (excludes halogenated alkanes) is 3. The van der Waals surface area contributed by atoms with Crippen LogP contribution < -0.4 is 26.8 Å². The summed E-state index contributed by atoms with van der Waals surface area (Å²) in [6.07, 6.45) is 12.6. The second-order valence-electron chi connectivity index (χ2n) is 12.7. The van der Waals surface area contributed by atoms with Crippen LogP contribution in [0.15, 0.2) is 77.2 Å². The lowest BCUT2D eigenvalue weighted by Gasteiger charge is -2.36. The summed E-state index contributed by atoms with van der Waals surface area (Å²) in [6.45, 7) is 8.74. The van der Waals surface area contributed by atoms with Crippen LogP contribution in [0.25, 0.3) is 5.70 Å². The van der Waals surface area contributed by atoms with Crippen molar-refractivity contribution in [3.05, 3.63) is 99.5 Å². The molecule has 43 heavy (non-hydrogen) atoms. The Morgan fingerprint density at radius 3 is 2.44 bits per heavy atom. The number of hydrogen-bond donors (Lipinski definition) is 1. The number of alkyl halides is 1. The van der Waals surface area contributed by atoms with Gasteiger partial charge in [0.05, 0.1) is 13.7 Å². The summed E-state index contributed by atoms with van der Waals surface area (Å²) in [5, 5.41) is 0. The van der Waals surface area contributed by atoms with Gasteiger partial charge in [-0.15, -0.1) is 11.6 Å². The van der Waals surface area contributed by atoms with E-state index in [9.17, 15) is 0 Å². The summed E-state index contributed by atoms with van der Waals surface area (Å²) in [5.74, 6) is 3.28. The molecule has 0 amide bonds. The Bertz CT molecular complexity index is 1450. The molecule has 0 bridgehead atoms. The second kappa shape index (κ2) is 13.5. The molecule has 5 nitrogen and oxygen atoms in total. The molecule has 6 rings (SSSR count). The molecule has 230 valence electrons. The predicted octanol–water partition coefficient (Wildman–Crippen LogP) is 3.66. The molecule has 1 aliphatic carbocycles. The number of benzene rings is 2. The lowest BCUT2D eigenvalue weighted by atomic mass is 9.79. The van der Waals surface area contributed by atoms with Crippen LogP contribution in [0.5, 0.6) is 11.5 Å². The zero-order valence-corrected chi connectivity index (χ0v) is 27.2. The summed E-state index contributed by atoms with van der Waals surface area (Å²) in [6, 6.07) is 13.5. The van der Waals surface area contributed by atoms with E-state index in [1.807, 2.05) is 0 Å². The molecule has 0 fully saturated rings. The molecule has 3 aliphatic heterocycles. The first-order chi connectivity index (χ1) is 20.4. The minimum absolute atomic E-state index is 0. The van der Waals surface area contributed by atoms with Crippen LogP contribution in [-0.2, 0) is 27.7 Å². The van der Waals surface area contributed by atoms with E-state index in [1.165, 1.54) is 49.6 Å². The van der Waals surface area contributed by atoms with Gasteiger partial charge in [-0.25, -0.2) is 0 Å². The Morgan fingerprint density at radius 2 is 1.72 bits per heavy atom. The van der Waals surface area contributed by atoms with E-state index >= 15 is 0 Å². The molecule has 2 unspecified atom stereocenters. The quantitative estimate of drug-likeness (QED) is 0.324. The van der Waals surface area contributed by atoms with Gasteiger partial charge in [-0.05, 0) is 58.7 Å². The van der Waals surface area contributed by atoms with Gasteiger partial charge in [-0.1, -0.05) is 64.0 Å². The summed E-state index contributed by atoms with van der Waals surface area (Å²) >= 11 is 5.88. The van der Waals surface area contributed by atoms with E-state index in [0.29, 0.717) is 6.61 Å². The van der Waals surface area contributed by atoms with Gasteiger partial charge in [0.25, 0.3) is 0 Å². The van der Waals surface area contributed by atoms with Gasteiger partial charge < -0.3 is 31.4 Å². The van der Waals surface area contributed by atoms with Crippen molar-refractivity contribution >= 4 is 17.3 Å². The lowest BCUT2D eigenvalue weighted by molar-refractivity contribution is -0.771. The van der Waals surface area contributed by atoms with Gasteiger partial charge in [0.1, 0.15) is 23.8 Å². The number of allylic oxidation sites excluding steroid dienone is 3. The smallest absolute Gasteiger partial charge is 0.231 e. The van der Waals surface area contributed by atoms with E-state index < -0.39 is 0 Å². The van der Waals surface area contributed by atoms with Crippen molar-refractivity contribution in [1.82, 2.24) is 0 Å². The highest BCUT2D eigenvalue weighted by Gasteiger charge is 2.40. The fourth-order valence-electron chi connectivity index (χ4n) is 6.49. The molecule has 2 aromatic rings. The van der Waals surface area contributed by atoms with E-state index in [1.54, 1.807) is 7.11 Å². The molecule has 4 aliphatic rings. The molecular weight excluding hydrogens is 581 g/mol.